The third-order valence-corrected chi connectivity index (χ3v) is 5.71. The van der Waals surface area contributed by atoms with E-state index in [1.54, 1.807) is 24.3 Å². The second-order valence-electron chi connectivity index (χ2n) is 6.08. The second kappa shape index (κ2) is 5.84. The van der Waals surface area contributed by atoms with Crippen molar-refractivity contribution in [1.29, 1.82) is 0 Å². The maximum Gasteiger partial charge on any atom is 0.241 e. The quantitative estimate of drug-likeness (QED) is 0.897. The summed E-state index contributed by atoms with van der Waals surface area (Å²) in [6.45, 7) is 3.88. The molecule has 0 saturated heterocycles. The molecule has 1 saturated carbocycles. The number of nitrogens with one attached hydrogen (secondary N) is 1. The largest absolute Gasteiger partial charge is 0.324 e. The van der Waals surface area contributed by atoms with Crippen LogP contribution in [0.5, 0.6) is 0 Å². The normalized spacial score (nSPS) is 20.6. The number of hydrogen-bond acceptors (Lipinski definition) is 3. The maximum atomic E-state index is 12.4. The second-order valence-corrected chi connectivity index (χ2v) is 7.77. The van der Waals surface area contributed by atoms with Gasteiger partial charge in [0.15, 0.2) is 0 Å². The highest BCUT2D eigenvalue weighted by Crippen LogP contribution is 2.29. The van der Waals surface area contributed by atoms with Crippen LogP contribution in [-0.4, -0.2) is 14.0 Å². The Kier molecular flexibility index (Phi) is 4.52. The van der Waals surface area contributed by atoms with Crippen molar-refractivity contribution in [1.82, 2.24) is 4.72 Å². The van der Waals surface area contributed by atoms with Gasteiger partial charge in [0.05, 0.1) is 4.90 Å². The summed E-state index contributed by atoms with van der Waals surface area (Å²) in [7, 11) is -3.45. The fourth-order valence-electron chi connectivity index (χ4n) is 2.77. The minimum absolute atomic E-state index is 0.0874. The van der Waals surface area contributed by atoms with Gasteiger partial charge in [-0.15, -0.1) is 0 Å². The first-order valence-electron chi connectivity index (χ1n) is 7.22. The van der Waals surface area contributed by atoms with Crippen molar-refractivity contribution >= 4 is 10.0 Å². The summed E-state index contributed by atoms with van der Waals surface area (Å²) in [6.07, 6.45) is 5.18. The Labute approximate surface area is 121 Å². The molecule has 0 spiro atoms. The highest BCUT2D eigenvalue weighted by atomic mass is 32.2. The van der Waals surface area contributed by atoms with E-state index >= 15 is 0 Å². The Bertz CT molecular complexity index is 544. The minimum atomic E-state index is -3.45. The molecule has 1 aliphatic carbocycles. The summed E-state index contributed by atoms with van der Waals surface area (Å²) < 4.78 is 27.8. The molecule has 1 aromatic rings. The first-order chi connectivity index (χ1) is 9.32. The van der Waals surface area contributed by atoms with Crippen LogP contribution in [0.4, 0.5) is 0 Å². The maximum absolute atomic E-state index is 12.4. The van der Waals surface area contributed by atoms with Crippen LogP contribution in [0.15, 0.2) is 29.2 Å². The third kappa shape index (κ3) is 3.59. The molecule has 20 heavy (non-hydrogen) atoms. The average molecular weight is 296 g/mol. The molecular formula is C15H24N2O2S. The predicted molar refractivity (Wildman–Crippen MR) is 80.9 cm³/mol. The number of benzene rings is 1. The van der Waals surface area contributed by atoms with Gasteiger partial charge in [-0.05, 0) is 44.4 Å². The topological polar surface area (TPSA) is 72.2 Å². The summed E-state index contributed by atoms with van der Waals surface area (Å²) in [4.78, 5) is 0.314. The van der Waals surface area contributed by atoms with Crippen molar-refractivity contribution in [3.8, 4) is 0 Å². The molecule has 0 bridgehead atoms. The number of sulfonamides is 1. The van der Waals surface area contributed by atoms with Gasteiger partial charge in [0, 0.05) is 11.6 Å². The molecular weight excluding hydrogens is 272 g/mol. The standard InChI is InChI=1S/C15H24N2O2S/c1-12(16)13-6-8-14(9-7-13)20(18,19)17-15(2)10-4-3-5-11-15/h6-9,12,17H,3-5,10-11,16H2,1-2H3. The molecule has 1 unspecified atom stereocenters. The van der Waals surface area contributed by atoms with Gasteiger partial charge in [-0.2, -0.15) is 0 Å². The van der Waals surface area contributed by atoms with Gasteiger partial charge in [-0.25, -0.2) is 13.1 Å². The number of hydrogen-bond donors (Lipinski definition) is 2. The van der Waals surface area contributed by atoms with Crippen LogP contribution >= 0.6 is 0 Å². The molecule has 0 aliphatic heterocycles. The van der Waals surface area contributed by atoms with E-state index in [2.05, 4.69) is 4.72 Å². The molecule has 1 fully saturated rings. The molecule has 0 amide bonds. The molecule has 1 aromatic carbocycles. The van der Waals surface area contributed by atoms with Gasteiger partial charge >= 0.3 is 0 Å². The lowest BCUT2D eigenvalue weighted by molar-refractivity contribution is 0.294. The van der Waals surface area contributed by atoms with Crippen molar-refractivity contribution in [2.24, 2.45) is 5.73 Å². The lowest BCUT2D eigenvalue weighted by Crippen LogP contribution is -2.47. The Morgan fingerprint density at radius 2 is 1.70 bits per heavy atom. The average Bonchev–Trinajstić information content (AvgIpc) is 2.38. The van der Waals surface area contributed by atoms with Crippen LogP contribution in [-0.2, 0) is 10.0 Å². The summed E-state index contributed by atoms with van der Waals surface area (Å²) in [5.74, 6) is 0. The highest BCUT2D eigenvalue weighted by molar-refractivity contribution is 7.89. The van der Waals surface area contributed by atoms with Gasteiger partial charge in [-0.1, -0.05) is 31.4 Å². The van der Waals surface area contributed by atoms with Crippen LogP contribution in [0.1, 0.15) is 57.6 Å². The van der Waals surface area contributed by atoms with Crippen molar-refractivity contribution in [3.05, 3.63) is 29.8 Å². The van der Waals surface area contributed by atoms with Gasteiger partial charge in [-0.3, -0.25) is 0 Å². The van der Waals surface area contributed by atoms with E-state index in [0.717, 1.165) is 31.2 Å². The predicted octanol–water partition coefficient (Wildman–Crippen LogP) is 2.71. The Morgan fingerprint density at radius 1 is 1.15 bits per heavy atom. The molecule has 1 aliphatic rings. The monoisotopic (exact) mass is 296 g/mol. The van der Waals surface area contributed by atoms with Crippen LogP contribution in [0.3, 0.4) is 0 Å². The molecule has 3 N–H and O–H groups in total. The zero-order valence-corrected chi connectivity index (χ0v) is 13.0. The molecule has 2 rings (SSSR count). The SMILES string of the molecule is CC(N)c1ccc(S(=O)(=O)NC2(C)CCCCC2)cc1. The van der Waals surface area contributed by atoms with Crippen molar-refractivity contribution in [2.75, 3.05) is 0 Å². The van der Waals surface area contributed by atoms with Crippen LogP contribution in [0.2, 0.25) is 0 Å². The Morgan fingerprint density at radius 3 is 2.20 bits per heavy atom. The third-order valence-electron chi connectivity index (χ3n) is 4.05. The van der Waals surface area contributed by atoms with E-state index in [1.165, 1.54) is 6.42 Å². The summed E-state index contributed by atoms with van der Waals surface area (Å²) in [6, 6.07) is 6.74. The van der Waals surface area contributed by atoms with Crippen molar-refractivity contribution in [3.63, 3.8) is 0 Å². The van der Waals surface area contributed by atoms with Crippen molar-refractivity contribution < 1.29 is 8.42 Å². The lowest BCUT2D eigenvalue weighted by Gasteiger charge is -2.34. The Balaban J connectivity index is 2.17. The molecule has 4 nitrogen and oxygen atoms in total. The number of rotatable bonds is 4. The van der Waals surface area contributed by atoms with Crippen LogP contribution < -0.4 is 10.5 Å². The van der Waals surface area contributed by atoms with E-state index in [4.69, 9.17) is 5.73 Å². The number of nitrogens with two attached hydrogens (primary N) is 1. The summed E-state index contributed by atoms with van der Waals surface area (Å²) >= 11 is 0. The van der Waals surface area contributed by atoms with E-state index < -0.39 is 10.0 Å². The first kappa shape index (κ1) is 15.5. The molecule has 0 heterocycles. The van der Waals surface area contributed by atoms with Gasteiger partial charge in [0.2, 0.25) is 10.0 Å². The fraction of sp³-hybridized carbons (Fsp3) is 0.600. The van der Waals surface area contributed by atoms with Crippen LogP contribution in [0.25, 0.3) is 0 Å². The van der Waals surface area contributed by atoms with Crippen molar-refractivity contribution in [2.45, 2.75) is 62.4 Å². The highest BCUT2D eigenvalue weighted by Gasteiger charge is 2.31. The summed E-state index contributed by atoms with van der Waals surface area (Å²) in [5.41, 5.74) is 6.41. The van der Waals surface area contributed by atoms with Gasteiger partial charge < -0.3 is 5.73 Å². The molecule has 0 radical (unpaired) electrons. The fourth-order valence-corrected chi connectivity index (χ4v) is 4.23. The van der Waals surface area contributed by atoms with Gasteiger partial charge in [0.1, 0.15) is 0 Å². The van der Waals surface area contributed by atoms with E-state index in [0.29, 0.717) is 4.90 Å². The molecule has 0 aromatic heterocycles. The van der Waals surface area contributed by atoms with E-state index in [-0.39, 0.29) is 11.6 Å². The first-order valence-corrected chi connectivity index (χ1v) is 8.70. The van der Waals surface area contributed by atoms with Crippen LogP contribution in [0, 0.1) is 0 Å². The Hall–Kier alpha value is -0.910. The molecule has 112 valence electrons. The molecule has 5 heteroatoms. The van der Waals surface area contributed by atoms with E-state index in [9.17, 15) is 8.42 Å². The lowest BCUT2D eigenvalue weighted by atomic mass is 9.84. The van der Waals surface area contributed by atoms with Gasteiger partial charge in [0.25, 0.3) is 0 Å². The van der Waals surface area contributed by atoms with E-state index in [1.807, 2.05) is 13.8 Å². The summed E-state index contributed by atoms with van der Waals surface area (Å²) in [5, 5.41) is 0. The zero-order chi connectivity index (χ0) is 14.8. The smallest absolute Gasteiger partial charge is 0.241 e. The zero-order valence-electron chi connectivity index (χ0n) is 12.2. The minimum Gasteiger partial charge on any atom is -0.324 e. The molecule has 1 atom stereocenters.